The summed E-state index contributed by atoms with van der Waals surface area (Å²) < 4.78 is 5.32. The highest BCUT2D eigenvalue weighted by Crippen LogP contribution is 2.27. The van der Waals surface area contributed by atoms with Gasteiger partial charge in [-0.3, -0.25) is 0 Å². The van der Waals surface area contributed by atoms with E-state index in [0.717, 1.165) is 12.8 Å². The fourth-order valence-corrected chi connectivity index (χ4v) is 2.59. The summed E-state index contributed by atoms with van der Waals surface area (Å²) in [5.41, 5.74) is 14.8. The Morgan fingerprint density at radius 3 is 2.24 bits per heavy atom. The summed E-state index contributed by atoms with van der Waals surface area (Å²) in [6, 6.07) is 0. The Morgan fingerprint density at radius 1 is 1.14 bits per heavy atom. The van der Waals surface area contributed by atoms with Crippen LogP contribution in [0, 0.1) is 5.92 Å². The molecule has 0 radical (unpaired) electrons. The Labute approximate surface area is 125 Å². The van der Waals surface area contributed by atoms with Gasteiger partial charge in [-0.25, -0.2) is 9.59 Å². The van der Waals surface area contributed by atoms with Crippen molar-refractivity contribution >= 4 is 11.9 Å². The third kappa shape index (κ3) is 4.94. The molecule has 0 heterocycles. The first-order valence-electron chi connectivity index (χ1n) is 7.57. The molecule has 0 amide bonds. The zero-order chi connectivity index (χ0) is 15.9. The van der Waals surface area contributed by atoms with E-state index in [9.17, 15) is 14.7 Å². The predicted molar refractivity (Wildman–Crippen MR) is 78.4 cm³/mol. The SMILES string of the molecule is NCCCC[C@@](N)(C(=O)O)C(=O)OC1CCC(CN)CC1. The van der Waals surface area contributed by atoms with Gasteiger partial charge < -0.3 is 27.0 Å². The number of carbonyl (C=O) groups excluding carboxylic acids is 1. The van der Waals surface area contributed by atoms with E-state index >= 15 is 0 Å². The van der Waals surface area contributed by atoms with E-state index in [1.807, 2.05) is 0 Å². The highest BCUT2D eigenvalue weighted by Gasteiger charge is 2.44. The molecule has 1 aliphatic rings. The molecule has 0 bridgehead atoms. The Bertz CT molecular complexity index is 356. The zero-order valence-corrected chi connectivity index (χ0v) is 12.4. The van der Waals surface area contributed by atoms with Crippen LogP contribution in [-0.2, 0) is 14.3 Å². The number of aliphatic carboxylic acids is 1. The van der Waals surface area contributed by atoms with Crippen molar-refractivity contribution in [3.05, 3.63) is 0 Å². The smallest absolute Gasteiger partial charge is 0.338 e. The van der Waals surface area contributed by atoms with Gasteiger partial charge in [-0.2, -0.15) is 0 Å². The number of unbranched alkanes of at least 4 members (excludes halogenated alkanes) is 1. The fraction of sp³-hybridized carbons (Fsp3) is 0.857. The Balaban J connectivity index is 2.55. The maximum Gasteiger partial charge on any atom is 0.338 e. The zero-order valence-electron chi connectivity index (χ0n) is 12.4. The second-order valence-electron chi connectivity index (χ2n) is 5.81. The van der Waals surface area contributed by atoms with Crippen LogP contribution in [0.1, 0.15) is 44.9 Å². The minimum absolute atomic E-state index is 0.0382. The van der Waals surface area contributed by atoms with Crippen molar-refractivity contribution in [2.45, 2.75) is 56.6 Å². The van der Waals surface area contributed by atoms with E-state index in [1.165, 1.54) is 0 Å². The number of esters is 1. The van der Waals surface area contributed by atoms with Crippen molar-refractivity contribution in [2.75, 3.05) is 13.1 Å². The van der Waals surface area contributed by atoms with E-state index in [1.54, 1.807) is 0 Å². The number of rotatable bonds is 8. The lowest BCUT2D eigenvalue weighted by Gasteiger charge is -2.30. The minimum Gasteiger partial charge on any atom is -0.479 e. The molecule has 0 unspecified atom stereocenters. The average molecular weight is 301 g/mol. The molecule has 1 fully saturated rings. The maximum absolute atomic E-state index is 12.1. The third-order valence-corrected chi connectivity index (χ3v) is 4.17. The van der Waals surface area contributed by atoms with E-state index in [4.69, 9.17) is 21.9 Å². The second kappa shape index (κ2) is 8.31. The lowest BCUT2D eigenvalue weighted by molar-refractivity contribution is -0.166. The highest BCUT2D eigenvalue weighted by atomic mass is 16.5. The van der Waals surface area contributed by atoms with Gasteiger partial charge in [0.1, 0.15) is 6.10 Å². The second-order valence-corrected chi connectivity index (χ2v) is 5.81. The number of carboxylic acids is 1. The Hall–Kier alpha value is -1.18. The first-order valence-corrected chi connectivity index (χ1v) is 7.57. The largest absolute Gasteiger partial charge is 0.479 e. The molecule has 0 spiro atoms. The van der Waals surface area contributed by atoms with E-state index < -0.39 is 17.5 Å². The molecule has 7 heteroatoms. The van der Waals surface area contributed by atoms with Crippen molar-refractivity contribution in [3.8, 4) is 0 Å². The molecule has 1 atom stereocenters. The van der Waals surface area contributed by atoms with Crippen LogP contribution >= 0.6 is 0 Å². The molecule has 21 heavy (non-hydrogen) atoms. The van der Waals surface area contributed by atoms with Crippen LogP contribution in [0.3, 0.4) is 0 Å². The van der Waals surface area contributed by atoms with Gasteiger partial charge >= 0.3 is 11.9 Å². The number of hydrogen-bond donors (Lipinski definition) is 4. The van der Waals surface area contributed by atoms with Gasteiger partial charge in [0.15, 0.2) is 0 Å². The number of hydrogen-bond acceptors (Lipinski definition) is 6. The molecule has 7 N–H and O–H groups in total. The average Bonchev–Trinajstić information content (AvgIpc) is 2.47. The lowest BCUT2D eigenvalue weighted by atomic mass is 9.87. The van der Waals surface area contributed by atoms with E-state index in [0.29, 0.717) is 44.7 Å². The summed E-state index contributed by atoms with van der Waals surface area (Å²) in [6.07, 6.45) is 4.11. The molecule has 1 rings (SSSR count). The molecule has 0 aromatic heterocycles. The van der Waals surface area contributed by atoms with Crippen LogP contribution in [0.25, 0.3) is 0 Å². The molecule has 7 nitrogen and oxygen atoms in total. The van der Waals surface area contributed by atoms with Crippen LogP contribution in [0.4, 0.5) is 0 Å². The van der Waals surface area contributed by atoms with Crippen LogP contribution in [0.15, 0.2) is 0 Å². The molecule has 1 aliphatic carbocycles. The van der Waals surface area contributed by atoms with Crippen LogP contribution in [0.5, 0.6) is 0 Å². The standard InChI is InChI=1S/C14H27N3O4/c15-8-2-1-7-14(17,12(18)19)13(20)21-11-5-3-10(9-16)4-6-11/h10-11H,1-9,15-17H2,(H,18,19)/t10?,11?,14-/m1/s1. The number of carbonyl (C=O) groups is 2. The van der Waals surface area contributed by atoms with Crippen molar-refractivity contribution in [2.24, 2.45) is 23.1 Å². The summed E-state index contributed by atoms with van der Waals surface area (Å²) in [7, 11) is 0. The number of ether oxygens (including phenoxy) is 1. The maximum atomic E-state index is 12.1. The normalized spacial score (nSPS) is 25.1. The Kier molecular flexibility index (Phi) is 7.07. The van der Waals surface area contributed by atoms with Crippen LogP contribution < -0.4 is 17.2 Å². The minimum atomic E-state index is -1.97. The highest BCUT2D eigenvalue weighted by molar-refractivity contribution is 6.03. The van der Waals surface area contributed by atoms with Crippen LogP contribution in [0.2, 0.25) is 0 Å². The molecule has 0 aromatic rings. The molecule has 0 aromatic carbocycles. The van der Waals surface area contributed by atoms with Gasteiger partial charge in [-0.15, -0.1) is 0 Å². The van der Waals surface area contributed by atoms with Gasteiger partial charge in [0.05, 0.1) is 0 Å². The molecular weight excluding hydrogens is 274 g/mol. The molecular formula is C14H27N3O4. The molecule has 0 aliphatic heterocycles. The van der Waals surface area contributed by atoms with Gasteiger partial charge in [0.25, 0.3) is 0 Å². The van der Waals surface area contributed by atoms with Crippen molar-refractivity contribution < 1.29 is 19.4 Å². The van der Waals surface area contributed by atoms with Gasteiger partial charge in [0.2, 0.25) is 5.54 Å². The number of nitrogens with two attached hydrogens (primary N) is 3. The summed E-state index contributed by atoms with van der Waals surface area (Å²) in [5.74, 6) is -1.73. The van der Waals surface area contributed by atoms with Gasteiger partial charge in [0, 0.05) is 0 Å². The predicted octanol–water partition coefficient (Wildman–Crippen LogP) is -0.0418. The monoisotopic (exact) mass is 301 g/mol. The van der Waals surface area contributed by atoms with Crippen molar-refractivity contribution in [3.63, 3.8) is 0 Å². The first-order chi connectivity index (χ1) is 9.93. The molecule has 1 saturated carbocycles. The number of carboxylic acid groups (broad SMARTS) is 1. The van der Waals surface area contributed by atoms with Crippen molar-refractivity contribution in [1.82, 2.24) is 0 Å². The summed E-state index contributed by atoms with van der Waals surface area (Å²) in [6.45, 7) is 1.07. The topological polar surface area (TPSA) is 142 Å². The van der Waals surface area contributed by atoms with Crippen LogP contribution in [-0.4, -0.2) is 41.8 Å². The fourth-order valence-electron chi connectivity index (χ4n) is 2.59. The van der Waals surface area contributed by atoms with Crippen molar-refractivity contribution in [1.29, 1.82) is 0 Å². The van der Waals surface area contributed by atoms with Gasteiger partial charge in [-0.05, 0) is 64.0 Å². The van der Waals surface area contributed by atoms with E-state index in [2.05, 4.69) is 0 Å². The molecule has 0 saturated heterocycles. The lowest BCUT2D eigenvalue weighted by Crippen LogP contribution is -2.56. The molecule has 122 valence electrons. The summed E-state index contributed by atoms with van der Waals surface area (Å²) in [5, 5.41) is 9.24. The van der Waals surface area contributed by atoms with E-state index in [-0.39, 0.29) is 12.5 Å². The summed E-state index contributed by atoms with van der Waals surface area (Å²) in [4.78, 5) is 23.5. The first kappa shape index (κ1) is 17.9. The Morgan fingerprint density at radius 2 is 1.76 bits per heavy atom. The quantitative estimate of drug-likeness (QED) is 0.280. The summed E-state index contributed by atoms with van der Waals surface area (Å²) >= 11 is 0. The van der Waals surface area contributed by atoms with Gasteiger partial charge in [-0.1, -0.05) is 0 Å². The third-order valence-electron chi connectivity index (χ3n) is 4.17.